The number of aromatic nitrogens is 2. The third-order valence-corrected chi connectivity index (χ3v) is 4.50. The molecule has 0 radical (unpaired) electrons. The van der Waals surface area contributed by atoms with E-state index in [0.717, 1.165) is 29.2 Å². The predicted molar refractivity (Wildman–Crippen MR) is 70.1 cm³/mol. The molecule has 0 aliphatic heterocycles. The van der Waals surface area contributed by atoms with Gasteiger partial charge in [0, 0.05) is 7.05 Å². The van der Waals surface area contributed by atoms with Crippen molar-refractivity contribution in [2.75, 3.05) is 5.73 Å². The SMILES string of the molecule is CCCc1nn(C)c(Sc2cccs2)c1N. The van der Waals surface area contributed by atoms with Crippen LogP contribution < -0.4 is 5.73 Å². The number of hydrogen-bond donors (Lipinski definition) is 1. The van der Waals surface area contributed by atoms with Gasteiger partial charge in [-0.25, -0.2) is 0 Å². The Morgan fingerprint density at radius 2 is 2.38 bits per heavy atom. The second-order valence-corrected chi connectivity index (χ2v) is 5.81. The number of nitrogens with zero attached hydrogens (tertiary/aromatic N) is 2. The lowest BCUT2D eigenvalue weighted by Gasteiger charge is -2.00. The van der Waals surface area contributed by atoms with Crippen molar-refractivity contribution in [2.24, 2.45) is 7.05 Å². The van der Waals surface area contributed by atoms with Gasteiger partial charge in [0.2, 0.25) is 0 Å². The molecule has 2 N–H and O–H groups in total. The summed E-state index contributed by atoms with van der Waals surface area (Å²) in [5.74, 6) is 0. The molecule has 5 heteroatoms. The van der Waals surface area contributed by atoms with E-state index < -0.39 is 0 Å². The van der Waals surface area contributed by atoms with Crippen molar-refractivity contribution in [1.82, 2.24) is 9.78 Å². The molecule has 0 aromatic carbocycles. The molecule has 0 unspecified atom stereocenters. The Labute approximate surface area is 104 Å². The molecule has 0 saturated carbocycles. The van der Waals surface area contributed by atoms with Gasteiger partial charge in [-0.05, 0) is 17.9 Å². The van der Waals surface area contributed by atoms with E-state index in [1.165, 1.54) is 4.21 Å². The van der Waals surface area contributed by atoms with Crippen LogP contribution in [0.2, 0.25) is 0 Å². The van der Waals surface area contributed by atoms with E-state index in [4.69, 9.17) is 5.73 Å². The smallest absolute Gasteiger partial charge is 0.122 e. The first kappa shape index (κ1) is 11.5. The molecule has 86 valence electrons. The van der Waals surface area contributed by atoms with Crippen LogP contribution in [-0.2, 0) is 13.5 Å². The second kappa shape index (κ2) is 4.93. The summed E-state index contributed by atoms with van der Waals surface area (Å²) in [7, 11) is 1.95. The zero-order valence-electron chi connectivity index (χ0n) is 9.43. The third kappa shape index (κ3) is 2.25. The van der Waals surface area contributed by atoms with Crippen molar-refractivity contribution in [3.63, 3.8) is 0 Å². The van der Waals surface area contributed by atoms with E-state index in [1.807, 2.05) is 17.8 Å². The molecular weight excluding hydrogens is 238 g/mol. The van der Waals surface area contributed by atoms with E-state index in [-0.39, 0.29) is 0 Å². The minimum atomic E-state index is 0.836. The molecule has 0 spiro atoms. The average molecular weight is 253 g/mol. The largest absolute Gasteiger partial charge is 0.395 e. The molecule has 2 rings (SSSR count). The van der Waals surface area contributed by atoms with Gasteiger partial charge in [-0.3, -0.25) is 4.68 Å². The quantitative estimate of drug-likeness (QED) is 0.910. The maximum absolute atomic E-state index is 6.11. The predicted octanol–water partition coefficient (Wildman–Crippen LogP) is 3.17. The monoisotopic (exact) mass is 253 g/mol. The van der Waals surface area contributed by atoms with E-state index in [9.17, 15) is 0 Å². The van der Waals surface area contributed by atoms with Gasteiger partial charge in [0.15, 0.2) is 0 Å². The Hall–Kier alpha value is -0.940. The minimum Gasteiger partial charge on any atom is -0.395 e. The molecular formula is C11H15N3S2. The van der Waals surface area contributed by atoms with E-state index in [1.54, 1.807) is 23.1 Å². The topological polar surface area (TPSA) is 43.8 Å². The molecule has 16 heavy (non-hydrogen) atoms. The second-order valence-electron chi connectivity index (χ2n) is 3.57. The van der Waals surface area contributed by atoms with Gasteiger partial charge in [0.05, 0.1) is 15.6 Å². The summed E-state index contributed by atoms with van der Waals surface area (Å²) in [5, 5.41) is 7.57. The average Bonchev–Trinajstić information content (AvgIpc) is 2.84. The van der Waals surface area contributed by atoms with Gasteiger partial charge in [-0.2, -0.15) is 5.10 Å². The van der Waals surface area contributed by atoms with Crippen LogP contribution in [0, 0.1) is 0 Å². The molecule has 3 nitrogen and oxygen atoms in total. The Bertz CT molecular complexity index is 460. The number of nitrogens with two attached hydrogens (primary N) is 1. The van der Waals surface area contributed by atoms with Crippen LogP contribution in [0.3, 0.4) is 0 Å². The zero-order valence-corrected chi connectivity index (χ0v) is 11.1. The molecule has 0 fully saturated rings. The first-order valence-corrected chi connectivity index (χ1v) is 6.94. The van der Waals surface area contributed by atoms with Gasteiger partial charge in [0.1, 0.15) is 5.03 Å². The molecule has 0 bridgehead atoms. The lowest BCUT2D eigenvalue weighted by molar-refractivity contribution is 0.682. The lowest BCUT2D eigenvalue weighted by Crippen LogP contribution is -1.93. The van der Waals surface area contributed by atoms with Gasteiger partial charge >= 0.3 is 0 Å². The number of rotatable bonds is 4. The molecule has 2 aromatic heterocycles. The van der Waals surface area contributed by atoms with Crippen LogP contribution in [0.5, 0.6) is 0 Å². The van der Waals surface area contributed by atoms with E-state index >= 15 is 0 Å². The summed E-state index contributed by atoms with van der Waals surface area (Å²) >= 11 is 3.41. The van der Waals surface area contributed by atoms with Crippen molar-refractivity contribution in [1.29, 1.82) is 0 Å². The van der Waals surface area contributed by atoms with Crippen molar-refractivity contribution in [3.8, 4) is 0 Å². The molecule has 2 aromatic rings. The van der Waals surface area contributed by atoms with Crippen molar-refractivity contribution >= 4 is 28.8 Å². The number of anilines is 1. The van der Waals surface area contributed by atoms with Gasteiger partial charge in [0.25, 0.3) is 0 Å². The normalized spacial score (nSPS) is 10.9. The summed E-state index contributed by atoms with van der Waals surface area (Å²) in [4.78, 5) is 0. The van der Waals surface area contributed by atoms with Gasteiger partial charge in [-0.15, -0.1) is 11.3 Å². The van der Waals surface area contributed by atoms with Crippen LogP contribution in [0.25, 0.3) is 0 Å². The summed E-state index contributed by atoms with van der Waals surface area (Å²) < 4.78 is 3.13. The van der Waals surface area contributed by atoms with Crippen LogP contribution >= 0.6 is 23.1 Å². The summed E-state index contributed by atoms with van der Waals surface area (Å²) in [6, 6.07) is 4.15. The minimum absolute atomic E-state index is 0.836. The fraction of sp³-hybridized carbons (Fsp3) is 0.364. The lowest BCUT2D eigenvalue weighted by atomic mass is 10.2. The van der Waals surface area contributed by atoms with Crippen molar-refractivity contribution in [3.05, 3.63) is 23.2 Å². The zero-order chi connectivity index (χ0) is 11.5. The highest BCUT2D eigenvalue weighted by Gasteiger charge is 2.13. The summed E-state index contributed by atoms with van der Waals surface area (Å²) in [6.07, 6.45) is 2.02. The number of aryl methyl sites for hydroxylation is 2. The molecule has 0 saturated heterocycles. The Balaban J connectivity index is 2.26. The maximum atomic E-state index is 6.11. The number of hydrogen-bond acceptors (Lipinski definition) is 4. The fourth-order valence-corrected chi connectivity index (χ4v) is 3.32. The first-order chi connectivity index (χ1) is 7.72. The van der Waals surface area contributed by atoms with Gasteiger partial charge in [-0.1, -0.05) is 31.2 Å². The van der Waals surface area contributed by atoms with Crippen molar-refractivity contribution < 1.29 is 0 Å². The van der Waals surface area contributed by atoms with E-state index in [0.29, 0.717) is 0 Å². The maximum Gasteiger partial charge on any atom is 0.122 e. The van der Waals surface area contributed by atoms with Crippen LogP contribution in [0.15, 0.2) is 26.7 Å². The number of thiophene rings is 1. The fourth-order valence-electron chi connectivity index (χ4n) is 1.54. The molecule has 0 aliphatic carbocycles. The number of nitrogen functional groups attached to an aromatic ring is 1. The van der Waals surface area contributed by atoms with Crippen LogP contribution in [0.4, 0.5) is 5.69 Å². The van der Waals surface area contributed by atoms with E-state index in [2.05, 4.69) is 23.5 Å². The Morgan fingerprint density at radius 1 is 1.56 bits per heavy atom. The molecule has 0 amide bonds. The molecule has 2 heterocycles. The Kier molecular flexibility index (Phi) is 3.56. The van der Waals surface area contributed by atoms with Gasteiger partial charge < -0.3 is 5.73 Å². The molecule has 0 aliphatic rings. The highest BCUT2D eigenvalue weighted by atomic mass is 32.2. The molecule has 0 atom stereocenters. The highest BCUT2D eigenvalue weighted by molar-refractivity contribution is 8.01. The first-order valence-electron chi connectivity index (χ1n) is 5.25. The standard InChI is InChI=1S/C11H15N3S2/c1-3-5-8-10(12)11(14(2)13-8)16-9-6-4-7-15-9/h4,6-7H,3,5,12H2,1-2H3. The highest BCUT2D eigenvalue weighted by Crippen LogP contribution is 2.36. The van der Waals surface area contributed by atoms with Crippen LogP contribution in [-0.4, -0.2) is 9.78 Å². The summed E-state index contributed by atoms with van der Waals surface area (Å²) in [5.41, 5.74) is 7.96. The van der Waals surface area contributed by atoms with Crippen LogP contribution in [0.1, 0.15) is 19.0 Å². The van der Waals surface area contributed by atoms with Crippen molar-refractivity contribution in [2.45, 2.75) is 29.0 Å². The Morgan fingerprint density at radius 3 is 3.00 bits per heavy atom. The summed E-state index contributed by atoms with van der Waals surface area (Å²) in [6.45, 7) is 2.14. The third-order valence-electron chi connectivity index (χ3n) is 2.29.